The van der Waals surface area contributed by atoms with Crippen LogP contribution in [0, 0.1) is 5.82 Å². The zero-order valence-electron chi connectivity index (χ0n) is 8.52. The van der Waals surface area contributed by atoms with Crippen LogP contribution in [-0.2, 0) is 6.42 Å². The Morgan fingerprint density at radius 2 is 2.36 bits per heavy atom. The molecule has 1 aliphatic rings. The van der Waals surface area contributed by atoms with Gasteiger partial charge in [-0.2, -0.15) is 0 Å². The van der Waals surface area contributed by atoms with Gasteiger partial charge in [0.2, 0.25) is 0 Å². The van der Waals surface area contributed by atoms with Crippen LogP contribution in [0.4, 0.5) is 4.39 Å². The third-order valence-corrected chi connectivity index (χ3v) is 2.92. The fraction of sp³-hybridized carbons (Fsp3) is 0.500. The molecule has 1 N–H and O–H groups in total. The molecule has 0 saturated carbocycles. The SMILES string of the molecule is CCc1cc(F)ccc1[C@@H]1CCCN1. The Balaban J connectivity index is 2.31. The highest BCUT2D eigenvalue weighted by Gasteiger charge is 2.18. The van der Waals surface area contributed by atoms with Crippen LogP contribution in [0.5, 0.6) is 0 Å². The molecule has 1 fully saturated rings. The highest BCUT2D eigenvalue weighted by molar-refractivity contribution is 5.31. The van der Waals surface area contributed by atoms with Gasteiger partial charge in [-0.05, 0) is 49.1 Å². The molecule has 0 bridgehead atoms. The lowest BCUT2D eigenvalue weighted by molar-refractivity contribution is 0.611. The number of hydrogen-bond donors (Lipinski definition) is 1. The van der Waals surface area contributed by atoms with E-state index in [1.807, 2.05) is 6.07 Å². The molecular formula is C12H16FN. The first-order chi connectivity index (χ1) is 6.81. The van der Waals surface area contributed by atoms with Crippen molar-refractivity contribution < 1.29 is 4.39 Å². The molecule has 76 valence electrons. The Morgan fingerprint density at radius 3 is 3.00 bits per heavy atom. The molecule has 1 aromatic rings. The smallest absolute Gasteiger partial charge is 0.123 e. The van der Waals surface area contributed by atoms with Gasteiger partial charge in [0.15, 0.2) is 0 Å². The molecule has 0 aromatic heterocycles. The summed E-state index contributed by atoms with van der Waals surface area (Å²) in [5, 5.41) is 3.44. The average molecular weight is 193 g/mol. The zero-order chi connectivity index (χ0) is 9.97. The molecule has 0 aliphatic carbocycles. The zero-order valence-corrected chi connectivity index (χ0v) is 8.52. The van der Waals surface area contributed by atoms with Gasteiger partial charge >= 0.3 is 0 Å². The lowest BCUT2D eigenvalue weighted by Crippen LogP contribution is -2.14. The van der Waals surface area contributed by atoms with E-state index >= 15 is 0 Å². The van der Waals surface area contributed by atoms with Crippen molar-refractivity contribution in [2.75, 3.05) is 6.54 Å². The summed E-state index contributed by atoms with van der Waals surface area (Å²) in [4.78, 5) is 0. The Labute approximate surface area is 84.3 Å². The molecule has 1 saturated heterocycles. The molecule has 1 aromatic carbocycles. The lowest BCUT2D eigenvalue weighted by Gasteiger charge is -2.14. The van der Waals surface area contributed by atoms with Crippen LogP contribution >= 0.6 is 0 Å². The van der Waals surface area contributed by atoms with E-state index in [-0.39, 0.29) is 5.82 Å². The van der Waals surface area contributed by atoms with Crippen LogP contribution in [0.2, 0.25) is 0 Å². The lowest BCUT2D eigenvalue weighted by atomic mass is 9.97. The molecule has 2 heteroatoms. The Morgan fingerprint density at radius 1 is 1.50 bits per heavy atom. The van der Waals surface area contributed by atoms with E-state index in [0.717, 1.165) is 18.5 Å². The molecule has 0 radical (unpaired) electrons. The van der Waals surface area contributed by atoms with Gasteiger partial charge in [-0.1, -0.05) is 13.0 Å². The van der Waals surface area contributed by atoms with Crippen molar-refractivity contribution in [3.63, 3.8) is 0 Å². The van der Waals surface area contributed by atoms with Crippen molar-refractivity contribution in [1.82, 2.24) is 5.32 Å². The largest absolute Gasteiger partial charge is 0.310 e. The van der Waals surface area contributed by atoms with Gasteiger partial charge in [-0.3, -0.25) is 0 Å². The van der Waals surface area contributed by atoms with E-state index in [2.05, 4.69) is 12.2 Å². The number of aryl methyl sites for hydroxylation is 1. The van der Waals surface area contributed by atoms with Crippen LogP contribution < -0.4 is 5.32 Å². The molecular weight excluding hydrogens is 177 g/mol. The highest BCUT2D eigenvalue weighted by atomic mass is 19.1. The van der Waals surface area contributed by atoms with Crippen molar-refractivity contribution >= 4 is 0 Å². The van der Waals surface area contributed by atoms with Gasteiger partial charge < -0.3 is 5.32 Å². The van der Waals surface area contributed by atoms with Crippen LogP contribution in [-0.4, -0.2) is 6.54 Å². The minimum absolute atomic E-state index is 0.122. The van der Waals surface area contributed by atoms with Crippen LogP contribution in [0.3, 0.4) is 0 Å². The number of rotatable bonds is 2. The third-order valence-electron chi connectivity index (χ3n) is 2.92. The van der Waals surface area contributed by atoms with Crippen LogP contribution in [0.15, 0.2) is 18.2 Å². The molecule has 1 aliphatic heterocycles. The summed E-state index contributed by atoms with van der Waals surface area (Å²) in [7, 11) is 0. The van der Waals surface area contributed by atoms with Crippen LogP contribution in [0.1, 0.15) is 36.9 Å². The van der Waals surface area contributed by atoms with E-state index in [4.69, 9.17) is 0 Å². The molecule has 1 atom stereocenters. The van der Waals surface area contributed by atoms with Crippen molar-refractivity contribution in [3.05, 3.63) is 35.1 Å². The minimum atomic E-state index is -0.122. The Hall–Kier alpha value is -0.890. The standard InChI is InChI=1S/C12H16FN/c1-2-9-8-10(13)5-6-11(9)12-4-3-7-14-12/h5-6,8,12,14H,2-4,7H2,1H3/t12-/m0/s1. The molecule has 0 unspecified atom stereocenters. The first-order valence-electron chi connectivity index (χ1n) is 5.33. The molecule has 1 nitrogen and oxygen atoms in total. The quantitative estimate of drug-likeness (QED) is 0.761. The van der Waals surface area contributed by atoms with Gasteiger partial charge in [0.1, 0.15) is 5.82 Å². The second-order valence-corrected chi connectivity index (χ2v) is 3.85. The average Bonchev–Trinajstić information content (AvgIpc) is 2.70. The summed E-state index contributed by atoms with van der Waals surface area (Å²) in [6.45, 7) is 3.17. The maximum absolute atomic E-state index is 13.0. The molecule has 1 heterocycles. The Kier molecular flexibility index (Phi) is 2.82. The second kappa shape index (κ2) is 4.09. The summed E-state index contributed by atoms with van der Waals surface area (Å²) >= 11 is 0. The van der Waals surface area contributed by atoms with Crippen molar-refractivity contribution in [2.24, 2.45) is 0 Å². The normalized spacial score (nSPS) is 21.4. The number of nitrogens with one attached hydrogen (secondary N) is 1. The molecule has 2 rings (SSSR count). The second-order valence-electron chi connectivity index (χ2n) is 3.85. The van der Waals surface area contributed by atoms with Crippen molar-refractivity contribution in [2.45, 2.75) is 32.2 Å². The van der Waals surface area contributed by atoms with Crippen LogP contribution in [0.25, 0.3) is 0 Å². The summed E-state index contributed by atoms with van der Waals surface area (Å²) in [6, 6.07) is 5.60. The fourth-order valence-electron chi connectivity index (χ4n) is 2.17. The van der Waals surface area contributed by atoms with Gasteiger partial charge in [-0.25, -0.2) is 4.39 Å². The molecule has 0 amide bonds. The molecule has 0 spiro atoms. The Bertz CT molecular complexity index is 316. The van der Waals surface area contributed by atoms with Gasteiger partial charge in [0.05, 0.1) is 0 Å². The van der Waals surface area contributed by atoms with E-state index in [0.29, 0.717) is 6.04 Å². The minimum Gasteiger partial charge on any atom is -0.310 e. The summed E-state index contributed by atoms with van der Waals surface area (Å²) in [5.74, 6) is -0.122. The fourth-order valence-corrected chi connectivity index (χ4v) is 2.17. The number of benzene rings is 1. The summed E-state index contributed by atoms with van der Waals surface area (Å²) in [5.41, 5.74) is 2.43. The van der Waals surface area contributed by atoms with E-state index < -0.39 is 0 Å². The number of hydrogen-bond acceptors (Lipinski definition) is 1. The topological polar surface area (TPSA) is 12.0 Å². The van der Waals surface area contributed by atoms with E-state index in [1.54, 1.807) is 12.1 Å². The van der Waals surface area contributed by atoms with Gasteiger partial charge in [0.25, 0.3) is 0 Å². The van der Waals surface area contributed by atoms with Crippen molar-refractivity contribution in [1.29, 1.82) is 0 Å². The number of halogens is 1. The molecule has 14 heavy (non-hydrogen) atoms. The summed E-state index contributed by atoms with van der Waals surface area (Å²) in [6.07, 6.45) is 3.31. The van der Waals surface area contributed by atoms with E-state index in [9.17, 15) is 4.39 Å². The summed E-state index contributed by atoms with van der Waals surface area (Å²) < 4.78 is 13.0. The third kappa shape index (κ3) is 1.80. The maximum atomic E-state index is 13.0. The monoisotopic (exact) mass is 193 g/mol. The van der Waals surface area contributed by atoms with E-state index in [1.165, 1.54) is 18.4 Å². The highest BCUT2D eigenvalue weighted by Crippen LogP contribution is 2.26. The predicted molar refractivity (Wildman–Crippen MR) is 55.8 cm³/mol. The van der Waals surface area contributed by atoms with Gasteiger partial charge in [0, 0.05) is 6.04 Å². The first kappa shape index (κ1) is 9.66. The predicted octanol–water partition coefficient (Wildman–Crippen LogP) is 2.81. The van der Waals surface area contributed by atoms with Gasteiger partial charge in [-0.15, -0.1) is 0 Å². The first-order valence-corrected chi connectivity index (χ1v) is 5.33. The maximum Gasteiger partial charge on any atom is 0.123 e. The van der Waals surface area contributed by atoms with Crippen molar-refractivity contribution in [3.8, 4) is 0 Å².